The van der Waals surface area contributed by atoms with Crippen molar-refractivity contribution >= 4 is 11.9 Å². The topological polar surface area (TPSA) is 79.1 Å². The third-order valence-electron chi connectivity index (χ3n) is 5.10. The fraction of sp³-hybridized carbons (Fsp3) is 0.455. The molecule has 1 aromatic heterocycles. The smallest absolute Gasteiger partial charge is 0.287 e. The van der Waals surface area contributed by atoms with E-state index < -0.39 is 0 Å². The molecule has 0 saturated carbocycles. The molecule has 0 spiro atoms. The first kappa shape index (κ1) is 20.9. The number of hydrogen-bond donors (Lipinski definition) is 2. The van der Waals surface area contributed by atoms with Crippen molar-refractivity contribution in [2.75, 3.05) is 39.8 Å². The number of morpholine rings is 1. The molecule has 2 N–H and O–H groups in total. The molecule has 156 valence electrons. The lowest BCUT2D eigenvalue weighted by Crippen LogP contribution is -2.48. The molecule has 2 heterocycles. The lowest BCUT2D eigenvalue weighted by Gasteiger charge is -2.35. The first-order valence-corrected chi connectivity index (χ1v) is 10.0. The van der Waals surface area contributed by atoms with E-state index in [2.05, 4.69) is 45.6 Å². The van der Waals surface area contributed by atoms with E-state index >= 15 is 0 Å². The summed E-state index contributed by atoms with van der Waals surface area (Å²) in [4.78, 5) is 18.7. The Labute approximate surface area is 172 Å². The normalized spacial score (nSPS) is 17.3. The van der Waals surface area contributed by atoms with Crippen LogP contribution in [0.15, 0.2) is 46.0 Å². The Morgan fingerprint density at radius 2 is 1.97 bits per heavy atom. The number of rotatable bonds is 6. The molecule has 2 aromatic rings. The first-order chi connectivity index (χ1) is 14.1. The molecule has 7 nitrogen and oxygen atoms in total. The lowest BCUT2D eigenvalue weighted by atomic mass is 10.0. The van der Waals surface area contributed by atoms with E-state index in [1.807, 2.05) is 13.0 Å². The summed E-state index contributed by atoms with van der Waals surface area (Å²) >= 11 is 0. The first-order valence-electron chi connectivity index (χ1n) is 10.0. The Hall–Kier alpha value is -2.80. The van der Waals surface area contributed by atoms with Gasteiger partial charge in [-0.15, -0.1) is 0 Å². The number of guanidine groups is 1. The zero-order valence-electron chi connectivity index (χ0n) is 17.4. The summed E-state index contributed by atoms with van der Waals surface area (Å²) < 4.78 is 11.2. The molecule has 0 bridgehead atoms. The second-order valence-corrected chi connectivity index (χ2v) is 7.18. The summed E-state index contributed by atoms with van der Waals surface area (Å²) in [6, 6.07) is 10.1. The van der Waals surface area contributed by atoms with Crippen LogP contribution in [-0.4, -0.2) is 56.6 Å². The van der Waals surface area contributed by atoms with E-state index in [0.29, 0.717) is 18.9 Å². The molecule has 1 aliphatic heterocycles. The monoisotopic (exact) mass is 398 g/mol. The molecule has 1 atom stereocenters. The molecule has 0 aliphatic carbocycles. The van der Waals surface area contributed by atoms with Crippen LogP contribution in [0.1, 0.15) is 39.8 Å². The zero-order chi connectivity index (χ0) is 20.6. The average molecular weight is 399 g/mol. The van der Waals surface area contributed by atoms with Gasteiger partial charge in [-0.2, -0.15) is 0 Å². The van der Waals surface area contributed by atoms with Gasteiger partial charge in [0.25, 0.3) is 5.91 Å². The van der Waals surface area contributed by atoms with E-state index in [9.17, 15) is 4.79 Å². The third kappa shape index (κ3) is 5.38. The van der Waals surface area contributed by atoms with Gasteiger partial charge in [0.15, 0.2) is 11.7 Å². The molecule has 29 heavy (non-hydrogen) atoms. The number of hydrogen-bond acceptors (Lipinski definition) is 4. The molecule has 1 amide bonds. The number of ether oxygens (including phenoxy) is 1. The number of furan rings is 1. The van der Waals surface area contributed by atoms with Crippen LogP contribution in [0.25, 0.3) is 0 Å². The number of aliphatic imine (C=N–C) groups is 1. The molecular weight excluding hydrogens is 368 g/mol. The van der Waals surface area contributed by atoms with Crippen LogP contribution < -0.4 is 10.6 Å². The maximum atomic E-state index is 12.1. The number of amides is 1. The fourth-order valence-corrected chi connectivity index (χ4v) is 3.49. The minimum atomic E-state index is -0.175. The Morgan fingerprint density at radius 3 is 2.69 bits per heavy atom. The average Bonchev–Trinajstić information content (AvgIpc) is 3.17. The van der Waals surface area contributed by atoms with Crippen molar-refractivity contribution in [2.45, 2.75) is 26.4 Å². The quantitative estimate of drug-likeness (QED) is 0.444. The minimum absolute atomic E-state index is 0.0410. The number of aryl methyl sites for hydroxylation is 2. The Kier molecular flexibility index (Phi) is 7.30. The van der Waals surface area contributed by atoms with Gasteiger partial charge < -0.3 is 24.7 Å². The number of nitrogens with one attached hydrogen (secondary N) is 2. The SMILES string of the molecule is CN=C(NCCCNC(=O)c1occc1C)N1CCOC(c2ccccc2C)C1. The van der Waals surface area contributed by atoms with E-state index in [0.717, 1.165) is 37.6 Å². The summed E-state index contributed by atoms with van der Waals surface area (Å²) in [7, 11) is 1.79. The van der Waals surface area contributed by atoms with E-state index in [4.69, 9.17) is 9.15 Å². The summed E-state index contributed by atoms with van der Waals surface area (Å²) in [5.41, 5.74) is 3.31. The summed E-state index contributed by atoms with van der Waals surface area (Å²) in [5, 5.41) is 6.28. The fourth-order valence-electron chi connectivity index (χ4n) is 3.49. The number of carbonyl (C=O) groups is 1. The van der Waals surface area contributed by atoms with Crippen LogP contribution in [0.4, 0.5) is 0 Å². The number of benzene rings is 1. The van der Waals surface area contributed by atoms with Crippen LogP contribution in [0, 0.1) is 13.8 Å². The molecule has 1 aliphatic rings. The lowest BCUT2D eigenvalue weighted by molar-refractivity contribution is -0.00830. The molecule has 1 aromatic carbocycles. The van der Waals surface area contributed by atoms with Crippen LogP contribution in [0.3, 0.4) is 0 Å². The second-order valence-electron chi connectivity index (χ2n) is 7.18. The summed E-state index contributed by atoms with van der Waals surface area (Å²) in [6.45, 7) is 7.49. The van der Waals surface area contributed by atoms with Gasteiger partial charge in [-0.1, -0.05) is 24.3 Å². The molecule has 1 fully saturated rings. The largest absolute Gasteiger partial charge is 0.459 e. The van der Waals surface area contributed by atoms with Gasteiger partial charge in [0.1, 0.15) is 6.10 Å². The van der Waals surface area contributed by atoms with E-state index in [1.165, 1.54) is 17.4 Å². The van der Waals surface area contributed by atoms with Crippen LogP contribution >= 0.6 is 0 Å². The highest BCUT2D eigenvalue weighted by Crippen LogP contribution is 2.24. The predicted molar refractivity (Wildman–Crippen MR) is 113 cm³/mol. The van der Waals surface area contributed by atoms with Gasteiger partial charge in [-0.05, 0) is 37.5 Å². The van der Waals surface area contributed by atoms with Crippen molar-refractivity contribution in [2.24, 2.45) is 4.99 Å². The molecule has 3 rings (SSSR count). The van der Waals surface area contributed by atoms with Gasteiger partial charge in [0.05, 0.1) is 19.4 Å². The molecular formula is C22H30N4O3. The van der Waals surface area contributed by atoms with Gasteiger partial charge >= 0.3 is 0 Å². The van der Waals surface area contributed by atoms with Gasteiger partial charge in [-0.3, -0.25) is 9.79 Å². The highest BCUT2D eigenvalue weighted by molar-refractivity contribution is 5.92. The van der Waals surface area contributed by atoms with Crippen LogP contribution in [-0.2, 0) is 4.74 Å². The van der Waals surface area contributed by atoms with Crippen molar-refractivity contribution in [1.82, 2.24) is 15.5 Å². The van der Waals surface area contributed by atoms with Crippen LogP contribution in [0.5, 0.6) is 0 Å². The maximum absolute atomic E-state index is 12.1. The summed E-state index contributed by atoms with van der Waals surface area (Å²) in [6.07, 6.45) is 2.36. The zero-order valence-corrected chi connectivity index (χ0v) is 17.4. The van der Waals surface area contributed by atoms with Crippen molar-refractivity contribution in [3.63, 3.8) is 0 Å². The number of nitrogens with zero attached hydrogens (tertiary/aromatic N) is 2. The van der Waals surface area contributed by atoms with Gasteiger partial charge in [-0.25, -0.2) is 0 Å². The van der Waals surface area contributed by atoms with Crippen LogP contribution in [0.2, 0.25) is 0 Å². The molecule has 7 heteroatoms. The van der Waals surface area contributed by atoms with Crippen molar-refractivity contribution < 1.29 is 13.9 Å². The third-order valence-corrected chi connectivity index (χ3v) is 5.10. The maximum Gasteiger partial charge on any atom is 0.287 e. The number of carbonyl (C=O) groups excluding carboxylic acids is 1. The molecule has 0 radical (unpaired) electrons. The molecule has 1 saturated heterocycles. The standard InChI is InChI=1S/C22H30N4O3/c1-16-7-4-5-8-18(16)19-15-26(12-14-28-19)22(23-3)25-11-6-10-24-21(27)20-17(2)9-13-29-20/h4-5,7-9,13,19H,6,10-12,14-15H2,1-3H3,(H,23,25)(H,24,27). The van der Waals surface area contributed by atoms with E-state index in [-0.39, 0.29) is 12.0 Å². The van der Waals surface area contributed by atoms with Crippen molar-refractivity contribution in [3.05, 3.63) is 59.0 Å². The molecule has 1 unspecified atom stereocenters. The van der Waals surface area contributed by atoms with Crippen molar-refractivity contribution in [3.8, 4) is 0 Å². The van der Waals surface area contributed by atoms with Crippen molar-refractivity contribution in [1.29, 1.82) is 0 Å². The Bertz CT molecular complexity index is 846. The predicted octanol–water partition coefficient (Wildman–Crippen LogP) is 2.67. The summed E-state index contributed by atoms with van der Waals surface area (Å²) in [5.74, 6) is 1.07. The highest BCUT2D eigenvalue weighted by Gasteiger charge is 2.25. The highest BCUT2D eigenvalue weighted by atomic mass is 16.5. The minimum Gasteiger partial charge on any atom is -0.459 e. The Balaban J connectivity index is 1.44. The Morgan fingerprint density at radius 1 is 1.17 bits per heavy atom. The van der Waals surface area contributed by atoms with Gasteiger partial charge in [0, 0.05) is 32.2 Å². The van der Waals surface area contributed by atoms with Gasteiger partial charge in [0.2, 0.25) is 0 Å². The second kappa shape index (κ2) is 10.1. The van der Waals surface area contributed by atoms with E-state index in [1.54, 1.807) is 13.1 Å².